The van der Waals surface area contributed by atoms with Crippen LogP contribution < -0.4 is 4.74 Å². The van der Waals surface area contributed by atoms with Crippen LogP contribution in [-0.4, -0.2) is 108 Å². The highest BCUT2D eigenvalue weighted by atomic mass is 35.5. The molecule has 1 aromatic heterocycles. The van der Waals surface area contributed by atoms with Crippen molar-refractivity contribution >= 4 is 39.4 Å². The van der Waals surface area contributed by atoms with E-state index in [2.05, 4.69) is 9.88 Å². The Balaban J connectivity index is 1.29. The van der Waals surface area contributed by atoms with E-state index in [0.29, 0.717) is 46.3 Å². The van der Waals surface area contributed by atoms with E-state index < -0.39 is 61.4 Å². The molecule has 0 saturated carbocycles. The Morgan fingerprint density at radius 1 is 1.11 bits per heavy atom. The molecule has 3 fully saturated rings. The van der Waals surface area contributed by atoms with Gasteiger partial charge in [-0.25, -0.2) is 26.6 Å². The van der Waals surface area contributed by atoms with Crippen LogP contribution in [0, 0.1) is 17.5 Å². The largest absolute Gasteiger partial charge is 0.495 e. The maximum atomic E-state index is 16.0. The zero-order valence-corrected chi connectivity index (χ0v) is 32.9. The van der Waals surface area contributed by atoms with Crippen molar-refractivity contribution in [1.29, 1.82) is 0 Å². The Morgan fingerprint density at radius 2 is 1.78 bits per heavy atom. The van der Waals surface area contributed by atoms with Crippen LogP contribution in [0.15, 0.2) is 70.8 Å². The topological polar surface area (TPSA) is 105 Å². The van der Waals surface area contributed by atoms with Crippen molar-refractivity contribution in [3.8, 4) is 11.4 Å². The first-order valence-corrected chi connectivity index (χ1v) is 20.4. The van der Waals surface area contributed by atoms with Crippen LogP contribution in [0.1, 0.15) is 45.4 Å². The van der Waals surface area contributed by atoms with E-state index in [9.17, 15) is 22.7 Å². The molecule has 0 aliphatic carbocycles. The number of aromatic nitrogens is 2. The second kappa shape index (κ2) is 15.9. The summed E-state index contributed by atoms with van der Waals surface area (Å²) in [5.74, 6) is -4.40. The molecule has 7 rings (SSSR count). The SMILES string of the molecule is [2H]c1c(S(=O)(=O)N(CCC[N+]23CCN(CC2)CC3)[C@@H](C)C(=O)O)cc(F)c(CSc2ncc(C(C)(C)c3ccc(Cl)c(OC)c3)n2-c2ccc(F)cc2)c1F. The molecule has 1 N–H and O–H groups in total. The lowest BCUT2D eigenvalue weighted by atomic mass is 9.81. The van der Waals surface area contributed by atoms with E-state index in [1.165, 1.54) is 26.2 Å². The summed E-state index contributed by atoms with van der Waals surface area (Å²) in [4.78, 5) is 18.1. The lowest BCUT2D eigenvalue weighted by molar-refractivity contribution is -0.941. The molecule has 0 spiro atoms. The minimum absolute atomic E-state index is 0.187. The number of ether oxygens (including phenoxy) is 1. The number of piperazine rings is 3. The summed E-state index contributed by atoms with van der Waals surface area (Å²) in [7, 11) is -3.32. The van der Waals surface area contributed by atoms with Crippen LogP contribution in [0.25, 0.3) is 5.69 Å². The molecule has 10 nitrogen and oxygen atoms in total. The third-order valence-corrected chi connectivity index (χ3v) is 14.0. The summed E-state index contributed by atoms with van der Waals surface area (Å²) in [6.45, 7) is 11.2. The number of carboxylic acids is 1. The van der Waals surface area contributed by atoms with E-state index in [1.54, 1.807) is 35.0 Å². The number of aliphatic carboxylic acids is 1. The molecular weight excluding hydrogens is 763 g/mol. The highest BCUT2D eigenvalue weighted by Crippen LogP contribution is 2.40. The van der Waals surface area contributed by atoms with Gasteiger partial charge in [0.2, 0.25) is 10.0 Å². The molecule has 0 amide bonds. The van der Waals surface area contributed by atoms with Gasteiger partial charge in [-0.3, -0.25) is 14.3 Å². The zero-order chi connectivity index (χ0) is 39.9. The monoisotopic (exact) mass is 807 g/mol. The fourth-order valence-electron chi connectivity index (χ4n) is 7.25. The number of imidazole rings is 1. The number of thioether (sulfide) groups is 1. The normalized spacial score (nSPS) is 19.6. The van der Waals surface area contributed by atoms with Gasteiger partial charge in [0.25, 0.3) is 0 Å². The number of carboxylic acid groups (broad SMARTS) is 1. The molecule has 3 saturated heterocycles. The minimum atomic E-state index is -4.82. The van der Waals surface area contributed by atoms with E-state index in [0.717, 1.165) is 65.4 Å². The minimum Gasteiger partial charge on any atom is -0.495 e. The molecule has 3 aliphatic heterocycles. The number of hydrogen-bond acceptors (Lipinski definition) is 7. The molecule has 1 atom stereocenters. The van der Waals surface area contributed by atoms with Gasteiger partial charge in [-0.1, -0.05) is 43.3 Å². The molecule has 16 heteroatoms. The second-order valence-electron chi connectivity index (χ2n) is 14.3. The maximum absolute atomic E-state index is 16.0. The summed E-state index contributed by atoms with van der Waals surface area (Å²) < 4.78 is 91.2. The third kappa shape index (κ3) is 8.03. The summed E-state index contributed by atoms with van der Waals surface area (Å²) in [5.41, 5.74) is 0.683. The van der Waals surface area contributed by atoms with Gasteiger partial charge in [-0.15, -0.1) is 0 Å². The van der Waals surface area contributed by atoms with Crippen LogP contribution in [0.5, 0.6) is 5.75 Å². The number of sulfonamides is 1. The van der Waals surface area contributed by atoms with E-state index in [-0.39, 0.29) is 12.3 Å². The molecule has 54 heavy (non-hydrogen) atoms. The molecule has 4 aromatic rings. The predicted molar refractivity (Wildman–Crippen MR) is 201 cm³/mol. The lowest BCUT2D eigenvalue weighted by Crippen LogP contribution is -2.67. The Labute approximate surface area is 324 Å². The second-order valence-corrected chi connectivity index (χ2v) is 17.5. The molecule has 0 radical (unpaired) electrons. The Kier molecular flexibility index (Phi) is 11.4. The number of nitrogens with zero attached hydrogens (tertiary/aromatic N) is 5. The Hall–Kier alpha value is -3.60. The molecule has 3 aliphatic rings. The summed E-state index contributed by atoms with van der Waals surface area (Å²) in [6.07, 6.45) is 1.95. The molecular formula is C38H44ClF3N5O5S2+. The molecule has 3 aromatic carbocycles. The van der Waals surface area contributed by atoms with Crippen molar-refractivity contribution < 1.29 is 42.1 Å². The van der Waals surface area contributed by atoms with Crippen molar-refractivity contribution in [3.05, 3.63) is 100 Å². The first-order valence-electron chi connectivity index (χ1n) is 18.1. The third-order valence-electron chi connectivity index (χ3n) is 10.8. The van der Waals surface area contributed by atoms with Crippen molar-refractivity contribution in [1.82, 2.24) is 18.8 Å². The van der Waals surface area contributed by atoms with Crippen LogP contribution in [0.4, 0.5) is 13.2 Å². The van der Waals surface area contributed by atoms with Crippen LogP contribution in [0.2, 0.25) is 5.02 Å². The van der Waals surface area contributed by atoms with Crippen molar-refractivity contribution in [2.45, 2.75) is 54.5 Å². The number of methoxy groups -OCH3 is 1. The average molecular weight is 808 g/mol. The molecule has 4 heterocycles. The lowest BCUT2D eigenvalue weighted by Gasteiger charge is -2.50. The quantitative estimate of drug-likeness (QED) is 0.106. The maximum Gasteiger partial charge on any atom is 0.321 e. The van der Waals surface area contributed by atoms with Gasteiger partial charge in [-0.2, -0.15) is 4.31 Å². The number of carbonyl (C=O) groups is 1. The van der Waals surface area contributed by atoms with Gasteiger partial charge in [-0.05, 0) is 61.0 Å². The number of rotatable bonds is 15. The fourth-order valence-corrected chi connectivity index (χ4v) is 10.0. The first kappa shape index (κ1) is 38.7. The van der Waals surface area contributed by atoms with Gasteiger partial charge in [0.15, 0.2) is 5.16 Å². The Bertz CT molecular complexity index is 2170. The van der Waals surface area contributed by atoms with Crippen LogP contribution in [-0.2, 0) is 26.0 Å². The molecule has 290 valence electrons. The summed E-state index contributed by atoms with van der Waals surface area (Å²) in [6, 6.07) is 8.99. The predicted octanol–water partition coefficient (Wildman–Crippen LogP) is 6.57. The smallest absolute Gasteiger partial charge is 0.321 e. The molecule has 2 bridgehead atoms. The number of halogens is 4. The average Bonchev–Trinajstić information content (AvgIpc) is 3.60. The first-order chi connectivity index (χ1) is 26.0. The number of quaternary nitrogens is 1. The zero-order valence-electron chi connectivity index (χ0n) is 31.5. The highest BCUT2D eigenvalue weighted by Gasteiger charge is 2.40. The van der Waals surface area contributed by atoms with Gasteiger partial charge in [0.05, 0.1) is 56.5 Å². The van der Waals surface area contributed by atoms with E-state index in [1.807, 2.05) is 19.9 Å². The van der Waals surface area contributed by atoms with Gasteiger partial charge >= 0.3 is 5.97 Å². The van der Waals surface area contributed by atoms with Crippen molar-refractivity contribution in [3.63, 3.8) is 0 Å². The van der Waals surface area contributed by atoms with Gasteiger partial charge in [0, 0.05) is 55.0 Å². The number of hydrogen-bond donors (Lipinski definition) is 1. The number of fused-ring (bicyclic) bond motifs is 3. The van der Waals surface area contributed by atoms with Crippen molar-refractivity contribution in [2.24, 2.45) is 0 Å². The van der Waals surface area contributed by atoms with E-state index >= 15 is 8.78 Å². The van der Waals surface area contributed by atoms with E-state index in [4.69, 9.17) is 17.7 Å². The van der Waals surface area contributed by atoms with Gasteiger partial charge in [0.1, 0.15) is 29.2 Å². The van der Waals surface area contributed by atoms with Crippen LogP contribution in [0.3, 0.4) is 0 Å². The van der Waals surface area contributed by atoms with Crippen molar-refractivity contribution in [2.75, 3.05) is 59.5 Å². The van der Waals surface area contributed by atoms with Gasteiger partial charge < -0.3 is 14.3 Å². The Morgan fingerprint density at radius 3 is 2.41 bits per heavy atom. The molecule has 0 unspecified atom stereocenters. The van der Waals surface area contributed by atoms with Crippen LogP contribution >= 0.6 is 23.4 Å². The standard InChI is InChI=1S/C38H43ClF3N5O5S2/c1-25(36(48)49)45(12-5-16-47-17-13-44(14-18-47)15-19-47)54(50,51)29-21-32(41)30(33(42)22-29)24-53-37-43-23-35(46(37)28-9-7-27(40)8-10-28)38(2,3)26-6-11-31(39)34(20-26)52-4/h6-11,20-23,25H,5,12-19,24H2,1-4H3/p+1/t25-/m0/s1/i21D. The summed E-state index contributed by atoms with van der Waals surface area (Å²) in [5, 5.41) is 10.5. The highest BCUT2D eigenvalue weighted by molar-refractivity contribution is 7.98. The number of benzene rings is 3. The fraction of sp³-hybridized carbons (Fsp3) is 0.421. The summed E-state index contributed by atoms with van der Waals surface area (Å²) >= 11 is 7.23.